The summed E-state index contributed by atoms with van der Waals surface area (Å²) >= 11 is 0. The van der Waals surface area contributed by atoms with E-state index in [4.69, 9.17) is 4.74 Å². The predicted octanol–water partition coefficient (Wildman–Crippen LogP) is 3.62. The minimum atomic E-state index is -0.473. The van der Waals surface area contributed by atoms with Crippen molar-refractivity contribution in [2.24, 2.45) is 0 Å². The third kappa shape index (κ3) is 3.84. The van der Waals surface area contributed by atoms with Crippen molar-refractivity contribution in [2.75, 3.05) is 19.6 Å². The topological polar surface area (TPSA) is 53.1 Å². The van der Waals surface area contributed by atoms with Crippen LogP contribution >= 0.6 is 0 Å². The molecule has 0 spiro atoms. The predicted molar refractivity (Wildman–Crippen MR) is 101 cm³/mol. The maximum absolute atomic E-state index is 13.1. The lowest BCUT2D eigenvalue weighted by molar-refractivity contribution is 0.0151. The lowest BCUT2D eigenvalue weighted by atomic mass is 9.88. The average Bonchev–Trinajstić information content (AvgIpc) is 2.86. The zero-order valence-electron chi connectivity index (χ0n) is 16.4. The standard InChI is InChI=1S/C20H33N3O3/c1-5-12-22-16-8-6-7-9-17(16)23(18(22)24)15-10-13-21(14-11-15)19(25)26-20(2,3)4/h5,15-17H,1,6-14H2,2-4H3/t16-,17-/m0/s1. The third-order valence-electron chi connectivity index (χ3n) is 5.75. The molecule has 0 aromatic carbocycles. The van der Waals surface area contributed by atoms with Crippen LogP contribution in [0.1, 0.15) is 59.3 Å². The van der Waals surface area contributed by atoms with Crippen molar-refractivity contribution in [1.82, 2.24) is 14.7 Å². The number of carbonyl (C=O) groups excluding carboxylic acids is 2. The Hall–Kier alpha value is -1.72. The number of nitrogens with zero attached hydrogens (tertiary/aromatic N) is 3. The highest BCUT2D eigenvalue weighted by atomic mass is 16.6. The van der Waals surface area contributed by atoms with Gasteiger partial charge < -0.3 is 19.4 Å². The zero-order valence-corrected chi connectivity index (χ0v) is 16.4. The number of carbonyl (C=O) groups is 2. The lowest BCUT2D eigenvalue weighted by Crippen LogP contribution is -2.51. The van der Waals surface area contributed by atoms with Gasteiger partial charge in [0.05, 0.1) is 12.1 Å². The molecule has 0 aromatic heterocycles. The molecule has 26 heavy (non-hydrogen) atoms. The van der Waals surface area contributed by atoms with Gasteiger partial charge in [0.25, 0.3) is 0 Å². The van der Waals surface area contributed by atoms with Crippen molar-refractivity contribution in [1.29, 1.82) is 0 Å². The van der Waals surface area contributed by atoms with Crippen molar-refractivity contribution in [3.8, 4) is 0 Å². The highest BCUT2D eigenvalue weighted by Crippen LogP contribution is 2.37. The Balaban J connectivity index is 1.64. The zero-order chi connectivity index (χ0) is 18.9. The minimum absolute atomic E-state index is 0.164. The third-order valence-corrected chi connectivity index (χ3v) is 5.75. The van der Waals surface area contributed by atoms with Crippen LogP contribution in [0.25, 0.3) is 0 Å². The number of piperidine rings is 1. The van der Waals surface area contributed by atoms with Gasteiger partial charge in [0.1, 0.15) is 5.60 Å². The van der Waals surface area contributed by atoms with Gasteiger partial charge in [0.15, 0.2) is 0 Å². The van der Waals surface area contributed by atoms with E-state index in [1.807, 2.05) is 31.7 Å². The molecule has 2 atom stereocenters. The van der Waals surface area contributed by atoms with E-state index in [-0.39, 0.29) is 18.2 Å². The summed E-state index contributed by atoms with van der Waals surface area (Å²) in [6, 6.07) is 1.05. The van der Waals surface area contributed by atoms with E-state index in [9.17, 15) is 9.59 Å². The van der Waals surface area contributed by atoms with Gasteiger partial charge in [-0.05, 0) is 46.5 Å². The van der Waals surface area contributed by atoms with Gasteiger partial charge in [0, 0.05) is 25.7 Å². The summed E-state index contributed by atoms with van der Waals surface area (Å²) in [4.78, 5) is 31.3. The molecule has 0 N–H and O–H groups in total. The van der Waals surface area contributed by atoms with E-state index in [0.29, 0.717) is 31.7 Å². The first-order chi connectivity index (χ1) is 12.3. The fourth-order valence-electron chi connectivity index (χ4n) is 4.64. The van der Waals surface area contributed by atoms with Gasteiger partial charge in [-0.1, -0.05) is 18.9 Å². The first-order valence-electron chi connectivity index (χ1n) is 9.99. The van der Waals surface area contributed by atoms with Gasteiger partial charge in [0.2, 0.25) is 0 Å². The Morgan fingerprint density at radius 2 is 1.77 bits per heavy atom. The molecular weight excluding hydrogens is 330 g/mol. The molecule has 3 fully saturated rings. The number of rotatable bonds is 3. The van der Waals surface area contributed by atoms with Crippen molar-refractivity contribution >= 4 is 12.1 Å². The second-order valence-electron chi connectivity index (χ2n) is 8.75. The van der Waals surface area contributed by atoms with Gasteiger partial charge >= 0.3 is 12.1 Å². The van der Waals surface area contributed by atoms with E-state index >= 15 is 0 Å². The average molecular weight is 364 g/mol. The van der Waals surface area contributed by atoms with Gasteiger partial charge in [-0.2, -0.15) is 0 Å². The van der Waals surface area contributed by atoms with Crippen LogP contribution in [-0.2, 0) is 4.74 Å². The molecule has 6 heteroatoms. The molecule has 3 amide bonds. The van der Waals surface area contributed by atoms with Crippen LogP contribution in [0.2, 0.25) is 0 Å². The Morgan fingerprint density at radius 3 is 2.35 bits per heavy atom. The summed E-state index contributed by atoms with van der Waals surface area (Å²) in [5.74, 6) is 0. The number of urea groups is 1. The highest BCUT2D eigenvalue weighted by Gasteiger charge is 2.49. The van der Waals surface area contributed by atoms with Gasteiger partial charge in [-0.15, -0.1) is 6.58 Å². The van der Waals surface area contributed by atoms with E-state index in [1.165, 1.54) is 12.8 Å². The Labute approximate surface area is 157 Å². The smallest absolute Gasteiger partial charge is 0.410 e. The second-order valence-corrected chi connectivity index (χ2v) is 8.75. The fraction of sp³-hybridized carbons (Fsp3) is 0.800. The summed E-state index contributed by atoms with van der Waals surface area (Å²) in [5, 5.41) is 0. The molecule has 0 bridgehead atoms. The maximum atomic E-state index is 13.1. The highest BCUT2D eigenvalue weighted by molar-refractivity contribution is 5.78. The number of hydrogen-bond donors (Lipinski definition) is 0. The van der Waals surface area contributed by atoms with Gasteiger partial charge in [-0.25, -0.2) is 9.59 Å². The molecule has 3 aliphatic rings. The molecule has 0 aromatic rings. The number of ether oxygens (including phenoxy) is 1. The fourth-order valence-corrected chi connectivity index (χ4v) is 4.64. The number of fused-ring (bicyclic) bond motifs is 1. The molecule has 0 unspecified atom stereocenters. The molecule has 2 saturated heterocycles. The molecule has 1 aliphatic carbocycles. The van der Waals surface area contributed by atoms with Crippen LogP contribution in [0.3, 0.4) is 0 Å². The second kappa shape index (κ2) is 7.49. The summed E-state index contributed by atoms with van der Waals surface area (Å²) in [5.41, 5.74) is -0.473. The van der Waals surface area contributed by atoms with Crippen molar-refractivity contribution in [2.45, 2.75) is 83.0 Å². The quantitative estimate of drug-likeness (QED) is 0.720. The molecule has 2 heterocycles. The molecule has 0 radical (unpaired) electrons. The van der Waals surface area contributed by atoms with E-state index in [2.05, 4.69) is 11.5 Å². The summed E-state index contributed by atoms with van der Waals surface area (Å²) < 4.78 is 5.48. The number of hydrogen-bond acceptors (Lipinski definition) is 3. The first kappa shape index (κ1) is 19.1. The van der Waals surface area contributed by atoms with Gasteiger partial charge in [-0.3, -0.25) is 0 Å². The van der Waals surface area contributed by atoms with E-state index in [0.717, 1.165) is 25.7 Å². The SMILES string of the molecule is C=CCN1C(=O)N(C2CCN(C(=O)OC(C)(C)C)CC2)[C@H]2CCCC[C@@H]21. The van der Waals surface area contributed by atoms with Crippen LogP contribution in [0.4, 0.5) is 9.59 Å². The van der Waals surface area contributed by atoms with Crippen LogP contribution in [-0.4, -0.2) is 70.2 Å². The first-order valence-corrected chi connectivity index (χ1v) is 9.99. The maximum Gasteiger partial charge on any atom is 0.410 e. The van der Waals surface area contributed by atoms with Crippen LogP contribution in [0.5, 0.6) is 0 Å². The van der Waals surface area contributed by atoms with Crippen LogP contribution < -0.4 is 0 Å². The molecule has 6 nitrogen and oxygen atoms in total. The molecule has 146 valence electrons. The Bertz CT molecular complexity index is 549. The van der Waals surface area contributed by atoms with E-state index < -0.39 is 5.60 Å². The minimum Gasteiger partial charge on any atom is -0.444 e. The van der Waals surface area contributed by atoms with Crippen molar-refractivity contribution in [3.63, 3.8) is 0 Å². The molecule has 2 aliphatic heterocycles. The van der Waals surface area contributed by atoms with Crippen molar-refractivity contribution < 1.29 is 14.3 Å². The van der Waals surface area contributed by atoms with E-state index in [1.54, 1.807) is 4.90 Å². The monoisotopic (exact) mass is 363 g/mol. The molecule has 3 rings (SSSR count). The normalized spacial score (nSPS) is 27.5. The lowest BCUT2D eigenvalue weighted by Gasteiger charge is -2.40. The Kier molecular flexibility index (Phi) is 5.49. The molecule has 1 saturated carbocycles. The number of amides is 3. The summed E-state index contributed by atoms with van der Waals surface area (Å²) in [6.45, 7) is 11.4. The summed E-state index contributed by atoms with van der Waals surface area (Å²) in [7, 11) is 0. The molecular formula is C20H33N3O3. The van der Waals surface area contributed by atoms with Crippen LogP contribution in [0, 0.1) is 0 Å². The van der Waals surface area contributed by atoms with Crippen LogP contribution in [0.15, 0.2) is 12.7 Å². The Morgan fingerprint density at radius 1 is 1.15 bits per heavy atom. The van der Waals surface area contributed by atoms with Crippen molar-refractivity contribution in [3.05, 3.63) is 12.7 Å². The largest absolute Gasteiger partial charge is 0.444 e. The number of likely N-dealkylation sites (tertiary alicyclic amines) is 1. The summed E-state index contributed by atoms with van der Waals surface area (Å²) in [6.07, 6.45) is 7.84.